The van der Waals surface area contributed by atoms with Crippen LogP contribution in [0.1, 0.15) is 51.7 Å². The van der Waals surface area contributed by atoms with Crippen molar-refractivity contribution in [2.24, 2.45) is 0 Å². The smallest absolute Gasteiger partial charge is 0.302 e. The summed E-state index contributed by atoms with van der Waals surface area (Å²) in [4.78, 5) is 10.6. The Labute approximate surface area is 115 Å². The van der Waals surface area contributed by atoms with Crippen molar-refractivity contribution in [1.29, 1.82) is 0 Å². The molecule has 0 bridgehead atoms. The molecule has 0 aliphatic carbocycles. The van der Waals surface area contributed by atoms with Crippen LogP contribution in [0.4, 0.5) is 0 Å². The molecule has 0 aliphatic rings. The molecule has 0 amide bonds. The Kier molecular flexibility index (Phi) is 5.40. The van der Waals surface area contributed by atoms with Crippen LogP contribution in [0.5, 0.6) is 5.75 Å². The van der Waals surface area contributed by atoms with E-state index in [4.69, 9.17) is 4.74 Å². The second kappa shape index (κ2) is 6.60. The Morgan fingerprint density at radius 3 is 2.53 bits per heavy atom. The molecule has 0 saturated carbocycles. The standard InChI is InChI=1S/C16H24O3/c1-12(17)19-10-6-5-7-13-8-9-15(18)14(11-13)16(2,3)4/h8-9,11,18H,5-7,10H2,1-4H3. The Bertz CT molecular complexity index is 430. The van der Waals surface area contributed by atoms with Gasteiger partial charge in [0.25, 0.3) is 0 Å². The highest BCUT2D eigenvalue weighted by atomic mass is 16.5. The molecular weight excluding hydrogens is 240 g/mol. The van der Waals surface area contributed by atoms with Crippen molar-refractivity contribution in [3.05, 3.63) is 29.3 Å². The topological polar surface area (TPSA) is 46.5 Å². The van der Waals surface area contributed by atoms with E-state index in [-0.39, 0.29) is 11.4 Å². The summed E-state index contributed by atoms with van der Waals surface area (Å²) in [6.07, 6.45) is 2.78. The highest BCUT2D eigenvalue weighted by Crippen LogP contribution is 2.31. The van der Waals surface area contributed by atoms with Crippen LogP contribution in [-0.4, -0.2) is 17.7 Å². The molecule has 1 rings (SSSR count). The lowest BCUT2D eigenvalue weighted by Crippen LogP contribution is -2.11. The Hall–Kier alpha value is -1.51. The maximum atomic E-state index is 10.6. The van der Waals surface area contributed by atoms with Crippen LogP contribution in [0.3, 0.4) is 0 Å². The van der Waals surface area contributed by atoms with Gasteiger partial charge in [0.1, 0.15) is 5.75 Å². The fraction of sp³-hybridized carbons (Fsp3) is 0.562. The molecule has 0 aromatic heterocycles. The lowest BCUT2D eigenvalue weighted by atomic mass is 9.85. The summed E-state index contributed by atoms with van der Waals surface area (Å²) in [6, 6.07) is 5.79. The van der Waals surface area contributed by atoms with Crippen LogP contribution in [-0.2, 0) is 21.4 Å². The summed E-state index contributed by atoms with van der Waals surface area (Å²) in [5, 5.41) is 9.88. The fourth-order valence-corrected chi connectivity index (χ4v) is 1.99. The van der Waals surface area contributed by atoms with Crippen molar-refractivity contribution in [1.82, 2.24) is 0 Å². The average molecular weight is 264 g/mol. The third-order valence-electron chi connectivity index (χ3n) is 3.03. The zero-order chi connectivity index (χ0) is 14.5. The highest BCUT2D eigenvalue weighted by Gasteiger charge is 2.18. The van der Waals surface area contributed by atoms with Crippen molar-refractivity contribution >= 4 is 5.97 Å². The highest BCUT2D eigenvalue weighted by molar-refractivity contribution is 5.65. The van der Waals surface area contributed by atoms with Gasteiger partial charge in [0.2, 0.25) is 0 Å². The third-order valence-corrected chi connectivity index (χ3v) is 3.03. The molecule has 0 fully saturated rings. The normalized spacial score (nSPS) is 11.4. The minimum Gasteiger partial charge on any atom is -0.508 e. The number of benzene rings is 1. The quantitative estimate of drug-likeness (QED) is 0.653. The third kappa shape index (κ3) is 5.33. The summed E-state index contributed by atoms with van der Waals surface area (Å²) >= 11 is 0. The summed E-state index contributed by atoms with van der Waals surface area (Å²) in [5.41, 5.74) is 2.13. The first-order valence-corrected chi connectivity index (χ1v) is 6.76. The minimum atomic E-state index is -0.223. The van der Waals surface area contributed by atoms with Gasteiger partial charge >= 0.3 is 5.97 Å². The minimum absolute atomic E-state index is 0.0577. The number of hydrogen-bond acceptors (Lipinski definition) is 3. The Balaban J connectivity index is 2.53. The summed E-state index contributed by atoms with van der Waals surface area (Å²) < 4.78 is 4.90. The second-order valence-electron chi connectivity index (χ2n) is 5.90. The second-order valence-corrected chi connectivity index (χ2v) is 5.90. The van der Waals surface area contributed by atoms with Gasteiger partial charge in [-0.05, 0) is 41.9 Å². The molecule has 1 N–H and O–H groups in total. The van der Waals surface area contributed by atoms with Crippen LogP contribution >= 0.6 is 0 Å². The number of phenolic OH excluding ortho intramolecular Hbond substituents is 1. The molecule has 3 heteroatoms. The molecule has 1 aromatic rings. The number of esters is 1. The Morgan fingerprint density at radius 1 is 1.26 bits per heavy atom. The van der Waals surface area contributed by atoms with Crippen LogP contribution in [0.15, 0.2) is 18.2 Å². The van der Waals surface area contributed by atoms with Crippen molar-refractivity contribution in [2.75, 3.05) is 6.61 Å². The maximum Gasteiger partial charge on any atom is 0.302 e. The molecule has 106 valence electrons. The van der Waals surface area contributed by atoms with Gasteiger partial charge in [-0.1, -0.05) is 32.9 Å². The van der Waals surface area contributed by atoms with E-state index < -0.39 is 0 Å². The molecule has 0 saturated heterocycles. The predicted molar refractivity (Wildman–Crippen MR) is 76.4 cm³/mol. The van der Waals surface area contributed by atoms with Crippen molar-refractivity contribution in [3.63, 3.8) is 0 Å². The van der Waals surface area contributed by atoms with Crippen LogP contribution < -0.4 is 0 Å². The van der Waals surface area contributed by atoms with Crippen LogP contribution in [0.2, 0.25) is 0 Å². The zero-order valence-corrected chi connectivity index (χ0v) is 12.3. The molecule has 3 nitrogen and oxygen atoms in total. The van der Waals surface area contributed by atoms with Crippen molar-refractivity contribution in [2.45, 2.75) is 52.4 Å². The van der Waals surface area contributed by atoms with E-state index in [1.54, 1.807) is 6.07 Å². The SMILES string of the molecule is CC(=O)OCCCCc1ccc(O)c(C(C)(C)C)c1. The molecular formula is C16H24O3. The van der Waals surface area contributed by atoms with Crippen molar-refractivity contribution in [3.8, 4) is 5.75 Å². The van der Waals surface area contributed by atoms with E-state index in [1.807, 2.05) is 6.07 Å². The van der Waals surface area contributed by atoms with Gasteiger partial charge in [-0.2, -0.15) is 0 Å². The van der Waals surface area contributed by atoms with Gasteiger partial charge in [0, 0.05) is 6.92 Å². The van der Waals surface area contributed by atoms with E-state index in [1.165, 1.54) is 12.5 Å². The van der Waals surface area contributed by atoms with Gasteiger partial charge in [-0.15, -0.1) is 0 Å². The van der Waals surface area contributed by atoms with Crippen LogP contribution in [0.25, 0.3) is 0 Å². The first kappa shape index (κ1) is 15.5. The number of ether oxygens (including phenoxy) is 1. The van der Waals surface area contributed by atoms with Gasteiger partial charge in [-0.3, -0.25) is 4.79 Å². The average Bonchev–Trinajstić information content (AvgIpc) is 2.28. The Morgan fingerprint density at radius 2 is 1.95 bits per heavy atom. The fourth-order valence-electron chi connectivity index (χ4n) is 1.99. The molecule has 0 aliphatic heterocycles. The number of aromatic hydroxyl groups is 1. The van der Waals surface area contributed by atoms with Gasteiger partial charge in [0.05, 0.1) is 6.61 Å². The monoisotopic (exact) mass is 264 g/mol. The van der Waals surface area contributed by atoms with E-state index in [2.05, 4.69) is 26.8 Å². The van der Waals surface area contributed by atoms with Gasteiger partial charge in [0.15, 0.2) is 0 Å². The molecule has 1 aromatic carbocycles. The summed E-state index contributed by atoms with van der Waals surface area (Å²) in [7, 11) is 0. The van der Waals surface area contributed by atoms with E-state index in [0.717, 1.165) is 24.8 Å². The van der Waals surface area contributed by atoms with Gasteiger partial charge < -0.3 is 9.84 Å². The first-order chi connectivity index (χ1) is 8.80. The molecule has 0 heterocycles. The van der Waals surface area contributed by atoms with E-state index in [0.29, 0.717) is 12.4 Å². The number of aryl methyl sites for hydroxylation is 1. The lowest BCUT2D eigenvalue weighted by molar-refractivity contribution is -0.141. The maximum absolute atomic E-state index is 10.6. The molecule has 19 heavy (non-hydrogen) atoms. The molecule has 0 spiro atoms. The zero-order valence-electron chi connectivity index (χ0n) is 12.3. The van der Waals surface area contributed by atoms with Gasteiger partial charge in [-0.25, -0.2) is 0 Å². The number of rotatable bonds is 5. The van der Waals surface area contributed by atoms with Crippen LogP contribution in [0, 0.1) is 0 Å². The number of carbonyl (C=O) groups excluding carboxylic acids is 1. The predicted octanol–water partition coefficient (Wildman–Crippen LogP) is 3.58. The number of unbranched alkanes of at least 4 members (excludes halogenated alkanes) is 1. The largest absolute Gasteiger partial charge is 0.508 e. The molecule has 0 atom stereocenters. The number of phenols is 1. The summed E-state index contributed by atoms with van der Waals surface area (Å²) in [5.74, 6) is 0.135. The molecule has 0 radical (unpaired) electrons. The number of hydrogen-bond donors (Lipinski definition) is 1. The lowest BCUT2D eigenvalue weighted by Gasteiger charge is -2.21. The van der Waals surface area contributed by atoms with E-state index >= 15 is 0 Å². The summed E-state index contributed by atoms with van der Waals surface area (Å²) in [6.45, 7) is 8.18. The molecule has 0 unspecified atom stereocenters. The number of carbonyl (C=O) groups is 1. The first-order valence-electron chi connectivity index (χ1n) is 6.76. The van der Waals surface area contributed by atoms with Crippen molar-refractivity contribution < 1.29 is 14.6 Å². The van der Waals surface area contributed by atoms with E-state index in [9.17, 15) is 9.90 Å².